The zero-order chi connectivity index (χ0) is 19.0. The van der Waals surface area contributed by atoms with Gasteiger partial charge in [-0.05, 0) is 56.5 Å². The average Bonchev–Trinajstić information content (AvgIpc) is 2.66. The summed E-state index contributed by atoms with van der Waals surface area (Å²) < 4.78 is 25.7. The largest absolute Gasteiger partial charge is 0.354 e. The van der Waals surface area contributed by atoms with Crippen LogP contribution in [-0.4, -0.2) is 27.4 Å². The molecular weight excluding hydrogens is 348 g/mol. The second kappa shape index (κ2) is 9.50. The molecule has 0 aromatic heterocycles. The van der Waals surface area contributed by atoms with E-state index >= 15 is 0 Å². The molecule has 2 aromatic rings. The Morgan fingerprint density at radius 2 is 1.58 bits per heavy atom. The van der Waals surface area contributed by atoms with Crippen LogP contribution in [0.25, 0.3) is 0 Å². The summed E-state index contributed by atoms with van der Waals surface area (Å²) in [4.78, 5) is 12.3. The van der Waals surface area contributed by atoms with Gasteiger partial charge in [-0.2, -0.15) is 0 Å². The fraction of sp³-hybridized carbons (Fsp3) is 0.350. The van der Waals surface area contributed by atoms with Gasteiger partial charge in [0.2, 0.25) is 15.9 Å². The highest BCUT2D eigenvalue weighted by atomic mass is 32.2. The molecule has 2 aromatic carbocycles. The molecule has 0 bridgehead atoms. The Labute approximate surface area is 155 Å². The van der Waals surface area contributed by atoms with Gasteiger partial charge in [-0.15, -0.1) is 0 Å². The van der Waals surface area contributed by atoms with Crippen LogP contribution in [0.15, 0.2) is 59.5 Å². The van der Waals surface area contributed by atoms with Crippen molar-refractivity contribution in [1.82, 2.24) is 10.0 Å². The summed E-state index contributed by atoms with van der Waals surface area (Å²) in [5, 5.41) is 3.02. The standard InChI is InChI=1S/C20H26N2O3S/c1-16(8-9-17-6-4-3-5-7-17)22-20(23)15-12-18-10-13-19(14-11-18)26(24,25)21-2/h3-7,10-11,13-14,16,21H,8-9,12,15H2,1-2H3,(H,22,23)/t16-/m1/s1. The van der Waals surface area contributed by atoms with Gasteiger partial charge in [0.1, 0.15) is 0 Å². The smallest absolute Gasteiger partial charge is 0.240 e. The molecule has 0 aliphatic carbocycles. The molecule has 26 heavy (non-hydrogen) atoms. The van der Waals surface area contributed by atoms with Gasteiger partial charge in [0.15, 0.2) is 0 Å². The van der Waals surface area contributed by atoms with Gasteiger partial charge in [-0.3, -0.25) is 4.79 Å². The third-order valence-electron chi connectivity index (χ3n) is 4.26. The molecule has 2 N–H and O–H groups in total. The van der Waals surface area contributed by atoms with Crippen LogP contribution in [0.5, 0.6) is 0 Å². The van der Waals surface area contributed by atoms with E-state index in [1.807, 2.05) is 25.1 Å². The van der Waals surface area contributed by atoms with E-state index in [0.29, 0.717) is 12.8 Å². The maximum absolute atomic E-state index is 12.1. The number of rotatable bonds is 9. The number of carbonyl (C=O) groups is 1. The summed E-state index contributed by atoms with van der Waals surface area (Å²) in [6.45, 7) is 2.01. The minimum atomic E-state index is -3.42. The zero-order valence-corrected chi connectivity index (χ0v) is 16.1. The van der Waals surface area contributed by atoms with Crippen LogP contribution in [0.4, 0.5) is 0 Å². The molecule has 2 rings (SSSR count). The number of sulfonamides is 1. The quantitative estimate of drug-likeness (QED) is 0.709. The Hall–Kier alpha value is -2.18. The molecule has 0 unspecified atom stereocenters. The van der Waals surface area contributed by atoms with Crippen molar-refractivity contribution in [3.05, 3.63) is 65.7 Å². The van der Waals surface area contributed by atoms with E-state index < -0.39 is 10.0 Å². The van der Waals surface area contributed by atoms with Gasteiger partial charge in [0.25, 0.3) is 0 Å². The highest BCUT2D eigenvalue weighted by molar-refractivity contribution is 7.89. The summed E-state index contributed by atoms with van der Waals surface area (Å²) in [7, 11) is -2.04. The molecule has 1 amide bonds. The number of hydrogen-bond donors (Lipinski definition) is 2. The SMILES string of the molecule is CNS(=O)(=O)c1ccc(CCC(=O)N[C@H](C)CCc2ccccc2)cc1. The number of amides is 1. The van der Waals surface area contributed by atoms with Crippen molar-refractivity contribution in [3.63, 3.8) is 0 Å². The van der Waals surface area contributed by atoms with Crippen LogP contribution in [-0.2, 0) is 27.7 Å². The molecule has 1 atom stereocenters. The first kappa shape index (κ1) is 20.1. The Balaban J connectivity index is 1.76. The van der Waals surface area contributed by atoms with Gasteiger partial charge in [-0.1, -0.05) is 42.5 Å². The molecule has 0 radical (unpaired) electrons. The summed E-state index contributed by atoms with van der Waals surface area (Å²) in [5.74, 6) is 0.0116. The fourth-order valence-electron chi connectivity index (χ4n) is 2.66. The van der Waals surface area contributed by atoms with Gasteiger partial charge in [0, 0.05) is 12.5 Å². The van der Waals surface area contributed by atoms with Crippen LogP contribution in [0.3, 0.4) is 0 Å². The van der Waals surface area contributed by atoms with Gasteiger partial charge >= 0.3 is 0 Å². The normalized spacial score (nSPS) is 12.5. The highest BCUT2D eigenvalue weighted by Gasteiger charge is 2.11. The van der Waals surface area contributed by atoms with Crippen LogP contribution in [0.1, 0.15) is 30.9 Å². The molecule has 0 saturated heterocycles. The Kier molecular flexibility index (Phi) is 7.36. The van der Waals surface area contributed by atoms with E-state index in [1.165, 1.54) is 12.6 Å². The summed E-state index contributed by atoms with van der Waals surface area (Å²) >= 11 is 0. The second-order valence-corrected chi connectivity index (χ2v) is 8.23. The lowest BCUT2D eigenvalue weighted by Gasteiger charge is -2.14. The van der Waals surface area contributed by atoms with E-state index in [1.54, 1.807) is 24.3 Å². The van der Waals surface area contributed by atoms with Crippen molar-refractivity contribution in [2.75, 3.05) is 7.05 Å². The van der Waals surface area contributed by atoms with Crippen LogP contribution in [0, 0.1) is 0 Å². The van der Waals surface area contributed by atoms with E-state index in [-0.39, 0.29) is 16.8 Å². The maximum atomic E-state index is 12.1. The number of benzene rings is 2. The Bertz CT molecular complexity index is 803. The third kappa shape index (κ3) is 6.28. The molecule has 5 nitrogen and oxygen atoms in total. The summed E-state index contributed by atoms with van der Waals surface area (Å²) in [6, 6.07) is 16.9. The number of nitrogens with one attached hydrogen (secondary N) is 2. The fourth-order valence-corrected chi connectivity index (χ4v) is 3.39. The molecule has 0 spiro atoms. The lowest BCUT2D eigenvalue weighted by molar-refractivity contribution is -0.121. The molecular formula is C20H26N2O3S. The molecule has 0 saturated carbocycles. The van der Waals surface area contributed by atoms with E-state index in [2.05, 4.69) is 22.2 Å². The molecule has 0 aliphatic rings. The average molecular weight is 375 g/mol. The van der Waals surface area contributed by atoms with Gasteiger partial charge in [0.05, 0.1) is 4.90 Å². The summed E-state index contributed by atoms with van der Waals surface area (Å²) in [5.41, 5.74) is 2.21. The predicted molar refractivity (Wildman–Crippen MR) is 103 cm³/mol. The van der Waals surface area contributed by atoms with Crippen LogP contribution >= 0.6 is 0 Å². The van der Waals surface area contributed by atoms with E-state index in [9.17, 15) is 13.2 Å². The lowest BCUT2D eigenvalue weighted by atomic mass is 10.1. The van der Waals surface area contributed by atoms with Crippen molar-refractivity contribution in [2.24, 2.45) is 0 Å². The van der Waals surface area contributed by atoms with Crippen molar-refractivity contribution >= 4 is 15.9 Å². The van der Waals surface area contributed by atoms with E-state index in [4.69, 9.17) is 0 Å². The minimum absolute atomic E-state index is 0.0116. The first-order chi connectivity index (χ1) is 12.4. The van der Waals surface area contributed by atoms with Crippen molar-refractivity contribution in [1.29, 1.82) is 0 Å². The first-order valence-electron chi connectivity index (χ1n) is 8.76. The Morgan fingerprint density at radius 1 is 0.962 bits per heavy atom. The first-order valence-corrected chi connectivity index (χ1v) is 10.2. The second-order valence-electron chi connectivity index (χ2n) is 6.34. The minimum Gasteiger partial charge on any atom is -0.354 e. The Morgan fingerprint density at radius 3 is 2.19 bits per heavy atom. The number of carbonyl (C=O) groups excluding carboxylic acids is 1. The highest BCUT2D eigenvalue weighted by Crippen LogP contribution is 2.12. The molecule has 0 aliphatic heterocycles. The third-order valence-corrected chi connectivity index (χ3v) is 5.69. The van der Waals surface area contributed by atoms with Crippen molar-refractivity contribution in [2.45, 2.75) is 43.5 Å². The van der Waals surface area contributed by atoms with E-state index in [0.717, 1.165) is 18.4 Å². The number of hydrogen-bond acceptors (Lipinski definition) is 3. The molecule has 6 heteroatoms. The molecule has 140 valence electrons. The number of aryl methyl sites for hydroxylation is 2. The van der Waals surface area contributed by atoms with Crippen molar-refractivity contribution in [3.8, 4) is 0 Å². The van der Waals surface area contributed by atoms with Crippen molar-refractivity contribution < 1.29 is 13.2 Å². The summed E-state index contributed by atoms with van der Waals surface area (Å²) in [6.07, 6.45) is 2.79. The maximum Gasteiger partial charge on any atom is 0.240 e. The van der Waals surface area contributed by atoms with Gasteiger partial charge in [-0.25, -0.2) is 13.1 Å². The van der Waals surface area contributed by atoms with Gasteiger partial charge < -0.3 is 5.32 Å². The predicted octanol–water partition coefficient (Wildman–Crippen LogP) is 2.66. The lowest BCUT2D eigenvalue weighted by Crippen LogP contribution is -2.33. The monoisotopic (exact) mass is 374 g/mol. The van der Waals surface area contributed by atoms with Crippen LogP contribution < -0.4 is 10.0 Å². The topological polar surface area (TPSA) is 75.3 Å². The zero-order valence-electron chi connectivity index (χ0n) is 15.2. The molecule has 0 heterocycles. The molecule has 0 fully saturated rings. The van der Waals surface area contributed by atoms with Crippen LogP contribution in [0.2, 0.25) is 0 Å².